The second kappa shape index (κ2) is 4.70. The molecule has 1 aliphatic heterocycles. The molecular formula is C11H15O5P. The quantitative estimate of drug-likeness (QED) is 0.788. The van der Waals surface area contributed by atoms with E-state index in [1.807, 2.05) is 0 Å². The summed E-state index contributed by atoms with van der Waals surface area (Å²) in [6, 6.07) is 6.62. The van der Waals surface area contributed by atoms with Crippen LogP contribution in [0.1, 0.15) is 21.8 Å². The molecule has 0 atom stereocenters. The van der Waals surface area contributed by atoms with E-state index in [1.54, 1.807) is 30.9 Å². The van der Waals surface area contributed by atoms with Crippen LogP contribution in [0.2, 0.25) is 0 Å². The zero-order chi connectivity index (χ0) is 12.5. The first-order chi connectivity index (χ1) is 7.98. The van der Waals surface area contributed by atoms with Gasteiger partial charge in [-0.25, -0.2) is 0 Å². The van der Waals surface area contributed by atoms with Gasteiger partial charge in [0.05, 0.1) is 0 Å². The van der Waals surface area contributed by atoms with Crippen LogP contribution >= 0.6 is 7.94 Å². The fourth-order valence-corrected chi connectivity index (χ4v) is 2.79. The Kier molecular flexibility index (Phi) is 3.45. The summed E-state index contributed by atoms with van der Waals surface area (Å²) < 4.78 is 10.5. The van der Waals surface area contributed by atoms with Gasteiger partial charge in [-0.15, -0.1) is 0 Å². The van der Waals surface area contributed by atoms with Crippen LogP contribution in [0, 0.1) is 0 Å². The first-order valence-electron chi connectivity index (χ1n) is 5.31. The fourth-order valence-electron chi connectivity index (χ4n) is 1.69. The van der Waals surface area contributed by atoms with Crippen molar-refractivity contribution < 1.29 is 23.8 Å². The zero-order valence-electron chi connectivity index (χ0n) is 9.42. The van der Waals surface area contributed by atoms with Gasteiger partial charge in [0.1, 0.15) is 0 Å². The molecule has 1 fully saturated rings. The molecule has 1 heterocycles. The molecule has 0 aromatic heterocycles. The van der Waals surface area contributed by atoms with Crippen molar-refractivity contribution in [2.75, 3.05) is 19.9 Å². The van der Waals surface area contributed by atoms with Crippen LogP contribution in [-0.2, 0) is 9.05 Å². The molecule has 1 aromatic carbocycles. The number of benzene rings is 1. The summed E-state index contributed by atoms with van der Waals surface area (Å²) in [7, 11) is -2.89. The predicted octanol–water partition coefficient (Wildman–Crippen LogP) is 1.63. The van der Waals surface area contributed by atoms with Gasteiger partial charge in [0, 0.05) is 0 Å². The Morgan fingerprint density at radius 2 is 1.82 bits per heavy atom. The van der Waals surface area contributed by atoms with Gasteiger partial charge in [-0.3, -0.25) is 0 Å². The van der Waals surface area contributed by atoms with E-state index in [1.165, 1.54) is 0 Å². The number of hydrogen-bond donors (Lipinski definition) is 2. The van der Waals surface area contributed by atoms with Crippen LogP contribution < -0.4 is 0 Å². The Morgan fingerprint density at radius 1 is 1.29 bits per heavy atom. The van der Waals surface area contributed by atoms with Crippen molar-refractivity contribution >= 4 is 13.9 Å². The van der Waals surface area contributed by atoms with Crippen LogP contribution in [0.5, 0.6) is 0 Å². The third-order valence-electron chi connectivity index (χ3n) is 2.73. The zero-order valence-corrected chi connectivity index (χ0v) is 10.4. The first kappa shape index (κ1) is 12.5. The van der Waals surface area contributed by atoms with Crippen LogP contribution in [-0.4, -0.2) is 35.8 Å². The first-order valence-corrected chi connectivity index (χ1v) is 7.58. The van der Waals surface area contributed by atoms with E-state index in [2.05, 4.69) is 0 Å². The second-order valence-electron chi connectivity index (χ2n) is 4.14. The van der Waals surface area contributed by atoms with Crippen LogP contribution in [0.3, 0.4) is 0 Å². The van der Waals surface area contributed by atoms with E-state index in [9.17, 15) is 9.69 Å². The molecule has 0 spiro atoms. The van der Waals surface area contributed by atoms with Crippen molar-refractivity contribution in [3.05, 3.63) is 35.4 Å². The summed E-state index contributed by atoms with van der Waals surface area (Å²) in [6.07, 6.45) is 0. The summed E-state index contributed by atoms with van der Waals surface area (Å²) >= 11 is 0. The van der Waals surface area contributed by atoms with Gasteiger partial charge in [-0.1, -0.05) is 0 Å². The molecule has 0 unspecified atom stereocenters. The van der Waals surface area contributed by atoms with Crippen molar-refractivity contribution in [2.24, 2.45) is 0 Å². The molecule has 1 saturated heterocycles. The Bertz CT molecular complexity index is 404. The second-order valence-corrected chi connectivity index (χ2v) is 6.52. The number of hydrogen-bond acceptors (Lipinski definition) is 4. The van der Waals surface area contributed by atoms with E-state index in [0.29, 0.717) is 13.2 Å². The molecular weight excluding hydrogens is 243 g/mol. The Hall–Kier alpha value is -1.00. The summed E-state index contributed by atoms with van der Waals surface area (Å²) in [6.45, 7) is 2.40. The summed E-state index contributed by atoms with van der Waals surface area (Å²) in [5, 5.41) is 8.78. The van der Waals surface area contributed by atoms with E-state index in [-0.39, 0.29) is 11.5 Å². The van der Waals surface area contributed by atoms with Gasteiger partial charge in [0.25, 0.3) is 0 Å². The number of carboxylic acids is 1. The molecule has 0 aliphatic carbocycles. The van der Waals surface area contributed by atoms with Crippen molar-refractivity contribution in [1.82, 2.24) is 0 Å². The van der Waals surface area contributed by atoms with Gasteiger partial charge in [0.2, 0.25) is 0 Å². The third-order valence-corrected chi connectivity index (χ3v) is 4.14. The molecule has 5 nitrogen and oxygen atoms in total. The molecule has 94 valence electrons. The third kappa shape index (κ3) is 3.01. The summed E-state index contributed by atoms with van der Waals surface area (Å²) in [5.74, 6) is -0.895. The average Bonchev–Trinajstić information content (AvgIpc) is 2.29. The van der Waals surface area contributed by atoms with E-state index >= 15 is 0 Å². The van der Waals surface area contributed by atoms with Crippen LogP contribution in [0.25, 0.3) is 0 Å². The minimum absolute atomic E-state index is 0.0468. The Labute approximate surface area is 99.6 Å². The van der Waals surface area contributed by atoms with Gasteiger partial charge in [0.15, 0.2) is 0 Å². The molecule has 0 bridgehead atoms. The molecule has 0 saturated carbocycles. The van der Waals surface area contributed by atoms with Crippen LogP contribution in [0.15, 0.2) is 24.3 Å². The normalized spacial score (nSPS) is 25.2. The SMILES string of the molecule is C[PH]1(O)OCC(c2ccc(C(=O)O)cc2)CO1. The Morgan fingerprint density at radius 3 is 2.29 bits per heavy atom. The van der Waals surface area contributed by atoms with Crippen molar-refractivity contribution in [1.29, 1.82) is 0 Å². The molecule has 1 aliphatic rings. The van der Waals surface area contributed by atoms with Crippen LogP contribution in [0.4, 0.5) is 0 Å². The Balaban J connectivity index is 2.06. The molecule has 6 heteroatoms. The van der Waals surface area contributed by atoms with Gasteiger partial charge in [-0.2, -0.15) is 0 Å². The standard InChI is InChI=1S/C11H15O5P/c1-17(14)15-6-10(7-16-17)8-2-4-9(5-3-8)11(12)13/h2-5,10,14,17H,6-7H2,1H3,(H,12,13). The maximum absolute atomic E-state index is 10.7. The number of rotatable bonds is 2. The molecule has 0 amide bonds. The monoisotopic (exact) mass is 258 g/mol. The molecule has 2 N–H and O–H groups in total. The predicted molar refractivity (Wildman–Crippen MR) is 64.5 cm³/mol. The number of aromatic carboxylic acids is 1. The van der Waals surface area contributed by atoms with E-state index < -0.39 is 13.9 Å². The maximum atomic E-state index is 10.7. The topological polar surface area (TPSA) is 76.0 Å². The fraction of sp³-hybridized carbons (Fsp3) is 0.364. The van der Waals surface area contributed by atoms with Gasteiger partial charge >= 0.3 is 98.9 Å². The van der Waals surface area contributed by atoms with Crippen molar-refractivity contribution in [2.45, 2.75) is 5.92 Å². The minimum atomic E-state index is -2.89. The van der Waals surface area contributed by atoms with Gasteiger partial charge in [-0.05, 0) is 0 Å². The van der Waals surface area contributed by atoms with E-state index in [4.69, 9.17) is 14.2 Å². The molecule has 1 aromatic rings. The molecule has 2 rings (SSSR count). The van der Waals surface area contributed by atoms with Crippen molar-refractivity contribution in [3.8, 4) is 0 Å². The molecule has 17 heavy (non-hydrogen) atoms. The van der Waals surface area contributed by atoms with Crippen molar-refractivity contribution in [3.63, 3.8) is 0 Å². The van der Waals surface area contributed by atoms with E-state index in [0.717, 1.165) is 5.56 Å². The number of carbonyl (C=O) groups is 1. The summed E-state index contributed by atoms with van der Waals surface area (Å²) in [4.78, 5) is 20.3. The van der Waals surface area contributed by atoms with Gasteiger partial charge < -0.3 is 0 Å². The molecule has 0 radical (unpaired) electrons. The summed E-state index contributed by atoms with van der Waals surface area (Å²) in [5.41, 5.74) is 1.22. The average molecular weight is 258 g/mol. The number of carboxylic acid groups (broad SMARTS) is 1.